The van der Waals surface area contributed by atoms with Gasteiger partial charge in [-0.15, -0.1) is 11.8 Å². The van der Waals surface area contributed by atoms with Crippen LogP contribution in [0.15, 0.2) is 30.3 Å². The first kappa shape index (κ1) is 15.9. The molecule has 1 N–H and O–H groups in total. The maximum absolute atomic E-state index is 12.5. The van der Waals surface area contributed by atoms with E-state index in [9.17, 15) is 14.4 Å². The molecule has 6 nitrogen and oxygen atoms in total. The summed E-state index contributed by atoms with van der Waals surface area (Å²) in [6.45, 7) is 0.616. The molecular weight excluding hydrogens is 316 g/mol. The number of benzene rings is 1. The van der Waals surface area contributed by atoms with Crippen LogP contribution in [-0.4, -0.2) is 53.0 Å². The quantitative estimate of drug-likeness (QED) is 0.836. The number of piperidine rings is 1. The Labute approximate surface area is 138 Å². The number of carbonyl (C=O) groups is 3. The zero-order chi connectivity index (χ0) is 16.2. The zero-order valence-corrected chi connectivity index (χ0v) is 13.4. The Morgan fingerprint density at radius 1 is 1.26 bits per heavy atom. The Balaban J connectivity index is 1.67. The summed E-state index contributed by atoms with van der Waals surface area (Å²) in [5.41, 5.74) is 0.545. The third-order valence-electron chi connectivity index (χ3n) is 3.93. The molecule has 1 aromatic rings. The molecule has 23 heavy (non-hydrogen) atoms. The fraction of sp³-hybridized carbons (Fsp3) is 0.438. The number of amides is 2. The number of nitrogens with zero attached hydrogens (tertiary/aromatic N) is 1. The Hall–Kier alpha value is -2.02. The third kappa shape index (κ3) is 3.50. The number of esters is 1. The molecule has 0 spiro atoms. The van der Waals surface area contributed by atoms with Crippen molar-refractivity contribution in [2.24, 2.45) is 0 Å². The van der Waals surface area contributed by atoms with Gasteiger partial charge in [0.05, 0.1) is 5.88 Å². The van der Waals surface area contributed by atoms with E-state index in [-0.39, 0.29) is 11.8 Å². The Morgan fingerprint density at radius 2 is 2.04 bits per heavy atom. The minimum absolute atomic E-state index is 0.189. The van der Waals surface area contributed by atoms with Crippen molar-refractivity contribution >= 4 is 29.5 Å². The molecule has 2 amide bonds. The van der Waals surface area contributed by atoms with Gasteiger partial charge in [0.15, 0.2) is 6.10 Å². The fourth-order valence-electron chi connectivity index (χ4n) is 2.66. The van der Waals surface area contributed by atoms with Gasteiger partial charge in [-0.2, -0.15) is 0 Å². The second kappa shape index (κ2) is 7.04. The summed E-state index contributed by atoms with van der Waals surface area (Å²) in [6.07, 6.45) is 0.579. The Bertz CT molecular complexity index is 607. The van der Waals surface area contributed by atoms with Crippen LogP contribution in [-0.2, 0) is 14.3 Å². The van der Waals surface area contributed by atoms with E-state index in [4.69, 9.17) is 4.74 Å². The van der Waals surface area contributed by atoms with Gasteiger partial charge in [-0.1, -0.05) is 18.2 Å². The molecule has 0 bridgehead atoms. The molecule has 0 saturated carbocycles. The predicted octanol–water partition coefficient (Wildman–Crippen LogP) is 1.02. The number of carbonyl (C=O) groups excluding carboxylic acids is 3. The van der Waals surface area contributed by atoms with E-state index in [1.165, 1.54) is 16.7 Å². The van der Waals surface area contributed by atoms with Crippen LogP contribution in [0.1, 0.15) is 23.2 Å². The topological polar surface area (TPSA) is 75.7 Å². The van der Waals surface area contributed by atoms with Crippen molar-refractivity contribution in [3.63, 3.8) is 0 Å². The van der Waals surface area contributed by atoms with Crippen molar-refractivity contribution in [3.05, 3.63) is 35.9 Å². The standard InChI is InChI=1S/C16H18N2O4S/c19-14-13(7-4-8-17-14)22-16(21)12-9-23-10-18(12)15(20)11-5-2-1-3-6-11/h1-3,5-6,12-13H,4,7-10H2,(H,17,19)/t12-,13?/m1/s1. The van der Waals surface area contributed by atoms with Gasteiger partial charge in [-0.3, -0.25) is 9.59 Å². The van der Waals surface area contributed by atoms with Gasteiger partial charge in [-0.25, -0.2) is 4.79 Å². The summed E-state index contributed by atoms with van der Waals surface area (Å²) < 4.78 is 5.35. The normalized spacial score (nSPS) is 24.2. The van der Waals surface area contributed by atoms with E-state index < -0.39 is 18.1 Å². The van der Waals surface area contributed by atoms with Crippen LogP contribution >= 0.6 is 11.8 Å². The molecule has 122 valence electrons. The summed E-state index contributed by atoms with van der Waals surface area (Å²) in [4.78, 5) is 38.2. The molecule has 0 radical (unpaired) electrons. The average Bonchev–Trinajstić information content (AvgIpc) is 3.07. The molecule has 2 aliphatic heterocycles. The molecule has 2 saturated heterocycles. The molecule has 2 fully saturated rings. The van der Waals surface area contributed by atoms with Crippen molar-refractivity contribution in [1.29, 1.82) is 0 Å². The molecule has 1 unspecified atom stereocenters. The minimum Gasteiger partial charge on any atom is -0.451 e. The van der Waals surface area contributed by atoms with Gasteiger partial charge in [0.1, 0.15) is 6.04 Å². The second-order valence-corrected chi connectivity index (χ2v) is 6.52. The molecule has 0 aliphatic carbocycles. The highest BCUT2D eigenvalue weighted by molar-refractivity contribution is 7.99. The predicted molar refractivity (Wildman–Crippen MR) is 85.8 cm³/mol. The van der Waals surface area contributed by atoms with Crippen molar-refractivity contribution in [2.75, 3.05) is 18.2 Å². The van der Waals surface area contributed by atoms with E-state index in [1.54, 1.807) is 24.3 Å². The highest BCUT2D eigenvalue weighted by Gasteiger charge is 2.38. The van der Waals surface area contributed by atoms with E-state index in [1.807, 2.05) is 6.07 Å². The van der Waals surface area contributed by atoms with Crippen LogP contribution in [0.4, 0.5) is 0 Å². The van der Waals surface area contributed by atoms with Gasteiger partial charge >= 0.3 is 5.97 Å². The molecule has 2 aliphatic rings. The monoisotopic (exact) mass is 334 g/mol. The van der Waals surface area contributed by atoms with E-state index in [0.29, 0.717) is 30.2 Å². The number of hydrogen-bond donors (Lipinski definition) is 1. The minimum atomic E-state index is -0.740. The van der Waals surface area contributed by atoms with Gasteiger partial charge in [0.2, 0.25) is 0 Å². The summed E-state index contributed by atoms with van der Waals surface area (Å²) in [5, 5.41) is 2.69. The zero-order valence-electron chi connectivity index (χ0n) is 12.6. The highest BCUT2D eigenvalue weighted by atomic mass is 32.2. The molecule has 7 heteroatoms. The molecule has 0 aromatic heterocycles. The second-order valence-electron chi connectivity index (χ2n) is 5.52. The van der Waals surface area contributed by atoms with Crippen LogP contribution in [0.2, 0.25) is 0 Å². The highest BCUT2D eigenvalue weighted by Crippen LogP contribution is 2.25. The van der Waals surface area contributed by atoms with Crippen molar-refractivity contribution in [2.45, 2.75) is 25.0 Å². The van der Waals surface area contributed by atoms with E-state index in [2.05, 4.69) is 5.32 Å². The van der Waals surface area contributed by atoms with Crippen molar-refractivity contribution in [1.82, 2.24) is 10.2 Å². The van der Waals surface area contributed by atoms with Gasteiger partial charge in [-0.05, 0) is 25.0 Å². The Kier molecular flexibility index (Phi) is 4.85. The van der Waals surface area contributed by atoms with E-state index >= 15 is 0 Å². The lowest BCUT2D eigenvalue weighted by atomic mass is 10.1. The lowest BCUT2D eigenvalue weighted by Gasteiger charge is -2.26. The summed E-state index contributed by atoms with van der Waals surface area (Å²) in [6, 6.07) is 8.22. The van der Waals surface area contributed by atoms with E-state index in [0.717, 1.165) is 6.42 Å². The maximum Gasteiger partial charge on any atom is 0.330 e. The molecule has 1 aromatic carbocycles. The van der Waals surface area contributed by atoms with Gasteiger partial charge in [0, 0.05) is 17.9 Å². The number of nitrogens with one attached hydrogen (secondary N) is 1. The van der Waals surface area contributed by atoms with Crippen LogP contribution in [0, 0.1) is 0 Å². The van der Waals surface area contributed by atoms with Crippen LogP contribution < -0.4 is 5.32 Å². The molecular formula is C16H18N2O4S. The molecule has 3 rings (SSSR count). The Morgan fingerprint density at radius 3 is 2.78 bits per heavy atom. The average molecular weight is 334 g/mol. The van der Waals surface area contributed by atoms with Crippen molar-refractivity contribution in [3.8, 4) is 0 Å². The summed E-state index contributed by atoms with van der Waals surface area (Å²) >= 11 is 1.51. The van der Waals surface area contributed by atoms with Crippen LogP contribution in [0.25, 0.3) is 0 Å². The van der Waals surface area contributed by atoms with Gasteiger partial charge < -0.3 is 15.0 Å². The number of ether oxygens (including phenoxy) is 1. The fourth-order valence-corrected chi connectivity index (χ4v) is 3.80. The first-order chi connectivity index (χ1) is 11.2. The number of thioether (sulfide) groups is 1. The SMILES string of the molecule is O=C1NCCCC1OC(=O)[C@H]1CSCN1C(=O)c1ccccc1. The van der Waals surface area contributed by atoms with Crippen LogP contribution in [0.3, 0.4) is 0 Å². The smallest absolute Gasteiger partial charge is 0.330 e. The number of hydrogen-bond acceptors (Lipinski definition) is 5. The largest absolute Gasteiger partial charge is 0.451 e. The lowest BCUT2D eigenvalue weighted by molar-refractivity contribution is -0.160. The molecule has 2 atom stereocenters. The first-order valence-corrected chi connectivity index (χ1v) is 8.74. The first-order valence-electron chi connectivity index (χ1n) is 7.59. The van der Waals surface area contributed by atoms with Gasteiger partial charge in [0.25, 0.3) is 11.8 Å². The molecule has 2 heterocycles. The van der Waals surface area contributed by atoms with Crippen LogP contribution in [0.5, 0.6) is 0 Å². The third-order valence-corrected chi connectivity index (χ3v) is 4.94. The van der Waals surface area contributed by atoms with Crippen molar-refractivity contribution < 1.29 is 19.1 Å². The lowest BCUT2D eigenvalue weighted by Crippen LogP contribution is -2.48. The summed E-state index contributed by atoms with van der Waals surface area (Å²) in [5.74, 6) is -0.000937. The number of rotatable bonds is 3. The summed E-state index contributed by atoms with van der Waals surface area (Å²) in [7, 11) is 0. The maximum atomic E-state index is 12.5.